The molecule has 1 aromatic carbocycles. The van der Waals surface area contributed by atoms with Crippen molar-refractivity contribution in [2.24, 2.45) is 0 Å². The van der Waals surface area contributed by atoms with Crippen LogP contribution in [0.25, 0.3) is 0 Å². The molecule has 0 spiro atoms. The van der Waals surface area contributed by atoms with Gasteiger partial charge in [-0.2, -0.15) is 0 Å². The Morgan fingerprint density at radius 3 is 2.26 bits per heavy atom. The zero-order valence-corrected chi connectivity index (χ0v) is 20.7. The molecule has 0 radical (unpaired) electrons. The lowest BCUT2D eigenvalue weighted by Crippen LogP contribution is -2.50. The summed E-state index contributed by atoms with van der Waals surface area (Å²) in [6, 6.07) is 7.02. The molecule has 2 aliphatic heterocycles. The Kier molecular flexibility index (Phi) is 9.15. The van der Waals surface area contributed by atoms with Crippen LogP contribution in [0.3, 0.4) is 0 Å². The van der Waals surface area contributed by atoms with Crippen LogP contribution in [0.1, 0.15) is 52.9 Å². The monoisotopic (exact) mass is 474 g/mol. The number of carbonyl (C=O) groups excluding carboxylic acids is 3. The lowest BCUT2D eigenvalue weighted by atomic mass is 10.2. The second-order valence-corrected chi connectivity index (χ2v) is 9.82. The number of nitrogens with one attached hydrogen (secondary N) is 1. The molecule has 2 heterocycles. The third-order valence-corrected chi connectivity index (χ3v) is 5.86. The van der Waals surface area contributed by atoms with Crippen molar-refractivity contribution >= 4 is 23.7 Å². The zero-order chi connectivity index (χ0) is 24.6. The van der Waals surface area contributed by atoms with Gasteiger partial charge < -0.3 is 14.4 Å². The van der Waals surface area contributed by atoms with E-state index in [1.807, 2.05) is 45.0 Å². The maximum atomic E-state index is 12.1. The second-order valence-electron chi connectivity index (χ2n) is 9.82. The van der Waals surface area contributed by atoms with E-state index in [1.165, 1.54) is 0 Å². The van der Waals surface area contributed by atoms with Gasteiger partial charge in [0.1, 0.15) is 11.4 Å². The molecule has 1 aromatic rings. The minimum atomic E-state index is -0.449. The smallest absolute Gasteiger partial charge is 0.410 e. The predicted octanol–water partition coefficient (Wildman–Crippen LogP) is 3.62. The van der Waals surface area contributed by atoms with Crippen LogP contribution in [0.15, 0.2) is 24.3 Å². The summed E-state index contributed by atoms with van der Waals surface area (Å²) in [5.74, 6) is 0.544. The van der Waals surface area contributed by atoms with Gasteiger partial charge in [-0.1, -0.05) is 12.8 Å². The fourth-order valence-electron chi connectivity index (χ4n) is 3.99. The van der Waals surface area contributed by atoms with E-state index < -0.39 is 5.60 Å². The number of imide groups is 1. The van der Waals surface area contributed by atoms with Crippen molar-refractivity contribution in [3.05, 3.63) is 24.3 Å². The van der Waals surface area contributed by atoms with E-state index in [9.17, 15) is 14.4 Å². The fraction of sp³-hybridized carbons (Fsp3) is 0.640. The van der Waals surface area contributed by atoms with Gasteiger partial charge in [0.2, 0.25) is 5.91 Å². The lowest BCUT2D eigenvalue weighted by molar-refractivity contribution is -0.120. The molecule has 2 fully saturated rings. The van der Waals surface area contributed by atoms with Gasteiger partial charge >= 0.3 is 12.1 Å². The first-order valence-electron chi connectivity index (χ1n) is 12.3. The molecule has 1 N–H and O–H groups in total. The number of benzene rings is 1. The van der Waals surface area contributed by atoms with Crippen LogP contribution in [0.2, 0.25) is 0 Å². The summed E-state index contributed by atoms with van der Waals surface area (Å²) in [5.41, 5.74) is 0.305. The summed E-state index contributed by atoms with van der Waals surface area (Å²) < 4.78 is 11.3. The number of ether oxygens (including phenoxy) is 2. The predicted molar refractivity (Wildman–Crippen MR) is 130 cm³/mol. The van der Waals surface area contributed by atoms with Crippen LogP contribution in [-0.4, -0.2) is 79.3 Å². The molecule has 3 rings (SSSR count). The van der Waals surface area contributed by atoms with Crippen molar-refractivity contribution < 1.29 is 23.9 Å². The SMILES string of the molecule is CC(C)(C)OC(=O)N1CCN(CCCCCCOc2ccc(N3CCC(=O)NC3=O)cc2)CC1. The lowest BCUT2D eigenvalue weighted by Gasteiger charge is -2.35. The van der Waals surface area contributed by atoms with Gasteiger partial charge in [-0.05, 0) is 64.4 Å². The molecular formula is C25H38N4O5. The zero-order valence-electron chi connectivity index (χ0n) is 20.7. The van der Waals surface area contributed by atoms with Gasteiger partial charge in [0, 0.05) is 44.8 Å². The Balaban J connectivity index is 1.23. The van der Waals surface area contributed by atoms with Gasteiger partial charge in [0.25, 0.3) is 0 Å². The molecule has 4 amide bonds. The summed E-state index contributed by atoms with van der Waals surface area (Å²) in [6.07, 6.45) is 4.49. The van der Waals surface area contributed by atoms with Crippen molar-refractivity contribution in [2.75, 3.05) is 50.8 Å². The summed E-state index contributed by atoms with van der Waals surface area (Å²) in [6.45, 7) is 11.0. The molecule has 0 bridgehead atoms. The highest BCUT2D eigenvalue weighted by atomic mass is 16.6. The molecule has 9 heteroatoms. The second kappa shape index (κ2) is 12.1. The van der Waals surface area contributed by atoms with Crippen molar-refractivity contribution in [1.82, 2.24) is 15.1 Å². The van der Waals surface area contributed by atoms with E-state index in [1.54, 1.807) is 9.80 Å². The van der Waals surface area contributed by atoms with E-state index in [-0.39, 0.29) is 18.0 Å². The minimum Gasteiger partial charge on any atom is -0.494 e. The maximum absolute atomic E-state index is 12.1. The van der Waals surface area contributed by atoms with Gasteiger partial charge in [-0.3, -0.25) is 19.9 Å². The van der Waals surface area contributed by atoms with Crippen LogP contribution >= 0.6 is 0 Å². The van der Waals surface area contributed by atoms with E-state index in [0.29, 0.717) is 19.6 Å². The molecule has 0 unspecified atom stereocenters. The van der Waals surface area contributed by atoms with Crippen molar-refractivity contribution in [3.63, 3.8) is 0 Å². The minimum absolute atomic E-state index is 0.213. The van der Waals surface area contributed by atoms with E-state index in [0.717, 1.165) is 69.8 Å². The van der Waals surface area contributed by atoms with E-state index in [4.69, 9.17) is 9.47 Å². The normalized spacial score (nSPS) is 17.5. The first kappa shape index (κ1) is 25.8. The third kappa shape index (κ3) is 8.20. The standard InChI is InChI=1S/C25H38N4O5/c1-25(2,3)34-24(32)28-17-15-27(16-18-28)13-6-4-5-7-19-33-21-10-8-20(9-11-21)29-14-12-22(30)26-23(29)31/h8-11H,4-7,12-19H2,1-3H3,(H,26,30,31). The Morgan fingerprint density at radius 2 is 1.62 bits per heavy atom. The van der Waals surface area contributed by atoms with E-state index >= 15 is 0 Å². The summed E-state index contributed by atoms with van der Waals surface area (Å²) in [5, 5.41) is 2.33. The molecule has 2 aliphatic rings. The van der Waals surface area contributed by atoms with Gasteiger partial charge in [-0.25, -0.2) is 9.59 Å². The number of urea groups is 1. The van der Waals surface area contributed by atoms with Crippen LogP contribution in [-0.2, 0) is 9.53 Å². The topological polar surface area (TPSA) is 91.4 Å². The molecule has 2 saturated heterocycles. The fourth-order valence-corrected chi connectivity index (χ4v) is 3.99. The Bertz CT molecular complexity index is 829. The Hall–Kier alpha value is -2.81. The number of piperazine rings is 1. The molecule has 0 saturated carbocycles. The van der Waals surface area contributed by atoms with Crippen LogP contribution in [0, 0.1) is 0 Å². The summed E-state index contributed by atoms with van der Waals surface area (Å²) in [4.78, 5) is 41.1. The number of anilines is 1. The quantitative estimate of drug-likeness (QED) is 0.550. The highest BCUT2D eigenvalue weighted by Crippen LogP contribution is 2.21. The molecular weight excluding hydrogens is 436 g/mol. The van der Waals surface area contributed by atoms with Crippen LogP contribution < -0.4 is 15.0 Å². The highest BCUT2D eigenvalue weighted by molar-refractivity contribution is 6.05. The third-order valence-electron chi connectivity index (χ3n) is 5.86. The number of amides is 4. The molecule has 188 valence electrons. The maximum Gasteiger partial charge on any atom is 0.410 e. The number of nitrogens with zero attached hydrogens (tertiary/aromatic N) is 3. The van der Waals surface area contributed by atoms with Crippen LogP contribution in [0.5, 0.6) is 5.75 Å². The van der Waals surface area contributed by atoms with Gasteiger partial charge in [-0.15, -0.1) is 0 Å². The van der Waals surface area contributed by atoms with Gasteiger partial charge in [0.15, 0.2) is 0 Å². The number of hydrogen-bond acceptors (Lipinski definition) is 6. The highest BCUT2D eigenvalue weighted by Gasteiger charge is 2.26. The average Bonchev–Trinajstić information content (AvgIpc) is 2.78. The molecule has 9 nitrogen and oxygen atoms in total. The number of unbranched alkanes of at least 4 members (excludes halogenated alkanes) is 3. The Labute approximate surface area is 202 Å². The number of hydrogen-bond donors (Lipinski definition) is 1. The average molecular weight is 475 g/mol. The molecule has 34 heavy (non-hydrogen) atoms. The first-order chi connectivity index (χ1) is 16.2. The molecule has 0 aromatic heterocycles. The summed E-state index contributed by atoms with van der Waals surface area (Å²) >= 11 is 0. The number of rotatable bonds is 9. The number of carbonyl (C=O) groups is 3. The first-order valence-corrected chi connectivity index (χ1v) is 12.3. The van der Waals surface area contributed by atoms with E-state index in [2.05, 4.69) is 10.2 Å². The van der Waals surface area contributed by atoms with Crippen molar-refractivity contribution in [3.8, 4) is 5.75 Å². The summed E-state index contributed by atoms with van der Waals surface area (Å²) in [7, 11) is 0. The largest absolute Gasteiger partial charge is 0.494 e. The van der Waals surface area contributed by atoms with Crippen molar-refractivity contribution in [1.29, 1.82) is 0 Å². The van der Waals surface area contributed by atoms with Crippen LogP contribution in [0.4, 0.5) is 15.3 Å². The molecule has 0 atom stereocenters. The van der Waals surface area contributed by atoms with Crippen molar-refractivity contribution in [2.45, 2.75) is 58.5 Å². The van der Waals surface area contributed by atoms with Gasteiger partial charge in [0.05, 0.1) is 6.61 Å². The molecule has 0 aliphatic carbocycles. The Morgan fingerprint density at radius 1 is 0.941 bits per heavy atom.